The van der Waals surface area contributed by atoms with Crippen molar-refractivity contribution in [2.75, 3.05) is 9.80 Å². The summed E-state index contributed by atoms with van der Waals surface area (Å²) in [6.45, 7) is 17.7. The number of hydrogen-bond acceptors (Lipinski definition) is 2. The largest absolute Gasteiger partial charge is 0.310 e. The van der Waals surface area contributed by atoms with Gasteiger partial charge in [-0.15, -0.1) is 0 Å². The van der Waals surface area contributed by atoms with E-state index in [9.17, 15) is 0 Å². The molecule has 0 aliphatic rings. The Morgan fingerprint density at radius 2 is 0.386 bits per heavy atom. The molecule has 0 radical (unpaired) electrons. The highest BCUT2D eigenvalue weighted by Crippen LogP contribution is 2.43. The zero-order valence-corrected chi connectivity index (χ0v) is 41.7. The second kappa shape index (κ2) is 19.4. The predicted octanol–water partition coefficient (Wildman–Crippen LogP) is 19.4. The fraction of sp³-hybridized carbons (Fsp3) is 0.118. The summed E-state index contributed by atoms with van der Waals surface area (Å²) in [5.74, 6) is 0. The lowest BCUT2D eigenvalue weighted by molar-refractivity contribution is 1.25. The van der Waals surface area contributed by atoms with E-state index in [1.165, 1.54) is 89.0 Å². The Morgan fingerprint density at radius 3 is 0.600 bits per heavy atom. The van der Waals surface area contributed by atoms with Gasteiger partial charge in [0.2, 0.25) is 0 Å². The van der Waals surface area contributed by atoms with Crippen LogP contribution in [-0.4, -0.2) is 0 Å². The van der Waals surface area contributed by atoms with Crippen LogP contribution in [0.4, 0.5) is 34.1 Å². The molecule has 10 aromatic rings. The molecule has 0 heterocycles. The minimum absolute atomic E-state index is 1.10. The van der Waals surface area contributed by atoms with Crippen LogP contribution in [0, 0.1) is 55.4 Å². The minimum atomic E-state index is 1.10. The van der Waals surface area contributed by atoms with Crippen LogP contribution < -0.4 is 9.80 Å². The first-order valence-electron chi connectivity index (χ1n) is 24.5. The lowest BCUT2D eigenvalue weighted by Crippen LogP contribution is -2.11. The fourth-order valence-electron chi connectivity index (χ4n) is 10.4. The first-order chi connectivity index (χ1) is 34.0. The topological polar surface area (TPSA) is 6.48 Å². The molecule has 0 unspecified atom stereocenters. The molecule has 0 spiro atoms. The van der Waals surface area contributed by atoms with Gasteiger partial charge in [0.25, 0.3) is 0 Å². The highest BCUT2D eigenvalue weighted by atomic mass is 15.1. The van der Waals surface area contributed by atoms with E-state index < -0.39 is 0 Å². The molecule has 2 heteroatoms. The average molecular weight is 905 g/mol. The second-order valence-corrected chi connectivity index (χ2v) is 19.0. The van der Waals surface area contributed by atoms with Crippen molar-refractivity contribution in [3.8, 4) is 55.6 Å². The summed E-state index contributed by atoms with van der Waals surface area (Å²) >= 11 is 0. The Bertz CT molecular complexity index is 3100. The molecule has 0 N–H and O–H groups in total. The summed E-state index contributed by atoms with van der Waals surface area (Å²) in [6, 6.07) is 80.3. The first kappa shape index (κ1) is 45.6. The van der Waals surface area contributed by atoms with Gasteiger partial charge in [-0.2, -0.15) is 0 Å². The predicted molar refractivity (Wildman–Crippen MR) is 301 cm³/mol. The van der Waals surface area contributed by atoms with Crippen molar-refractivity contribution in [3.63, 3.8) is 0 Å². The number of rotatable bonds is 11. The van der Waals surface area contributed by atoms with Gasteiger partial charge in [0.15, 0.2) is 0 Å². The summed E-state index contributed by atoms with van der Waals surface area (Å²) in [5, 5.41) is 0. The van der Waals surface area contributed by atoms with Crippen LogP contribution in [0.3, 0.4) is 0 Å². The number of anilines is 6. The van der Waals surface area contributed by atoms with Gasteiger partial charge >= 0.3 is 0 Å². The van der Waals surface area contributed by atoms with Crippen LogP contribution >= 0.6 is 0 Å². The maximum atomic E-state index is 2.40. The molecule has 0 atom stereocenters. The van der Waals surface area contributed by atoms with E-state index >= 15 is 0 Å². The summed E-state index contributed by atoms with van der Waals surface area (Å²) < 4.78 is 0. The van der Waals surface area contributed by atoms with Crippen LogP contribution in [0.1, 0.15) is 44.5 Å². The smallest absolute Gasteiger partial charge is 0.0464 e. The lowest BCUT2D eigenvalue weighted by atomic mass is 9.95. The Balaban J connectivity index is 1.01. The SMILES string of the molecule is Cc1ccccc1-c1ccc(N(c2ccc(-c3ccc(N(c4ccc(-c5ccccc5C)c(C)c4)c4ccc(-c5ccccc5C)c(C)c4)cc3)cc2)c2ccc(-c3ccccc3C)c(C)c2)cc1C. The molecule has 0 aromatic heterocycles. The summed E-state index contributed by atoms with van der Waals surface area (Å²) in [4.78, 5) is 4.79. The van der Waals surface area contributed by atoms with E-state index in [1.807, 2.05) is 0 Å². The monoisotopic (exact) mass is 904 g/mol. The molecular formula is C68H60N2. The van der Waals surface area contributed by atoms with Crippen LogP contribution in [0.25, 0.3) is 55.6 Å². The van der Waals surface area contributed by atoms with Crippen LogP contribution in [0.15, 0.2) is 218 Å². The molecule has 342 valence electrons. The van der Waals surface area contributed by atoms with E-state index in [2.05, 4.69) is 284 Å². The maximum absolute atomic E-state index is 2.40. The zero-order valence-electron chi connectivity index (χ0n) is 41.7. The van der Waals surface area contributed by atoms with Gasteiger partial charge in [0.1, 0.15) is 0 Å². The molecule has 0 aliphatic carbocycles. The van der Waals surface area contributed by atoms with Crippen molar-refractivity contribution in [3.05, 3.63) is 263 Å². The van der Waals surface area contributed by atoms with Crippen molar-refractivity contribution >= 4 is 34.1 Å². The zero-order chi connectivity index (χ0) is 48.5. The molecule has 0 fully saturated rings. The second-order valence-electron chi connectivity index (χ2n) is 19.0. The normalized spacial score (nSPS) is 11.1. The van der Waals surface area contributed by atoms with E-state index in [0.29, 0.717) is 0 Å². The molecule has 0 saturated carbocycles. The average Bonchev–Trinajstić information content (AvgIpc) is 3.36. The summed E-state index contributed by atoms with van der Waals surface area (Å²) in [5.41, 5.74) is 29.2. The van der Waals surface area contributed by atoms with Gasteiger partial charge in [0, 0.05) is 34.1 Å². The maximum Gasteiger partial charge on any atom is 0.0464 e. The van der Waals surface area contributed by atoms with E-state index in [0.717, 1.165) is 45.3 Å². The Morgan fingerprint density at radius 1 is 0.186 bits per heavy atom. The molecule has 10 rings (SSSR count). The van der Waals surface area contributed by atoms with Gasteiger partial charge in [-0.25, -0.2) is 0 Å². The molecule has 70 heavy (non-hydrogen) atoms. The Hall–Kier alpha value is -8.20. The number of aryl methyl sites for hydroxylation is 8. The number of nitrogens with zero attached hydrogens (tertiary/aromatic N) is 2. The van der Waals surface area contributed by atoms with E-state index in [4.69, 9.17) is 0 Å². The third-order valence-electron chi connectivity index (χ3n) is 14.2. The van der Waals surface area contributed by atoms with Crippen molar-refractivity contribution in [1.82, 2.24) is 0 Å². The molecule has 0 saturated heterocycles. The summed E-state index contributed by atoms with van der Waals surface area (Å²) in [7, 11) is 0. The first-order valence-corrected chi connectivity index (χ1v) is 24.5. The van der Waals surface area contributed by atoms with E-state index in [1.54, 1.807) is 0 Å². The van der Waals surface area contributed by atoms with Crippen molar-refractivity contribution in [2.24, 2.45) is 0 Å². The molecule has 0 bridgehead atoms. The highest BCUT2D eigenvalue weighted by molar-refractivity contribution is 5.86. The van der Waals surface area contributed by atoms with Crippen molar-refractivity contribution < 1.29 is 0 Å². The summed E-state index contributed by atoms with van der Waals surface area (Å²) in [6.07, 6.45) is 0. The molecular weight excluding hydrogens is 845 g/mol. The molecule has 0 amide bonds. The Labute approximate surface area is 415 Å². The molecule has 0 aliphatic heterocycles. The highest BCUT2D eigenvalue weighted by Gasteiger charge is 2.20. The number of benzene rings is 10. The molecule has 2 nitrogen and oxygen atoms in total. The fourth-order valence-corrected chi connectivity index (χ4v) is 10.4. The Kier molecular flexibility index (Phi) is 12.6. The quantitative estimate of drug-likeness (QED) is 0.128. The molecule has 10 aromatic carbocycles. The van der Waals surface area contributed by atoms with Crippen LogP contribution in [-0.2, 0) is 0 Å². The minimum Gasteiger partial charge on any atom is -0.310 e. The standard InChI is InChI=1S/C68H60N2/c1-45-17-9-13-21-61(45)65-37-33-57(41-49(65)5)69(58-34-38-66(50(6)42-58)62-22-14-10-18-46(62)2)55-29-25-53(26-30-55)54-27-31-56(32-28-54)70(59-35-39-67(51(7)43-59)63-23-15-11-19-47(63)3)60-36-40-68(52(8)44-60)64-24-16-12-20-48(64)4/h9-44H,1-8H3. The number of hydrogen-bond donors (Lipinski definition) is 0. The third kappa shape index (κ3) is 8.97. The van der Waals surface area contributed by atoms with Crippen LogP contribution in [0.5, 0.6) is 0 Å². The van der Waals surface area contributed by atoms with Crippen molar-refractivity contribution in [2.45, 2.75) is 55.4 Å². The van der Waals surface area contributed by atoms with Crippen molar-refractivity contribution in [1.29, 1.82) is 0 Å². The van der Waals surface area contributed by atoms with Gasteiger partial charge < -0.3 is 9.80 Å². The van der Waals surface area contributed by atoms with Crippen LogP contribution in [0.2, 0.25) is 0 Å². The van der Waals surface area contributed by atoms with Gasteiger partial charge in [-0.1, -0.05) is 146 Å². The lowest BCUT2D eigenvalue weighted by Gasteiger charge is -2.28. The van der Waals surface area contributed by atoms with E-state index in [-0.39, 0.29) is 0 Å². The van der Waals surface area contributed by atoms with Gasteiger partial charge in [-0.05, 0) is 228 Å². The van der Waals surface area contributed by atoms with Gasteiger partial charge in [-0.3, -0.25) is 0 Å². The van der Waals surface area contributed by atoms with Gasteiger partial charge in [0.05, 0.1) is 0 Å². The third-order valence-corrected chi connectivity index (χ3v) is 14.2.